The Morgan fingerprint density at radius 2 is 1.39 bits per heavy atom. The average molecular weight is 603 g/mol. The lowest BCUT2D eigenvalue weighted by Gasteiger charge is -2.22. The third-order valence-electron chi connectivity index (χ3n) is 6.92. The number of nitrogens with zero attached hydrogens (tertiary/aromatic N) is 9. The number of benzene rings is 2. The summed E-state index contributed by atoms with van der Waals surface area (Å²) in [4.78, 5) is 31.5. The number of nitrogen functional groups attached to an aromatic ring is 2. The quantitative estimate of drug-likeness (QED) is 0.224. The highest BCUT2D eigenvalue weighted by molar-refractivity contribution is 5.49. The number of ether oxygens (including phenoxy) is 4. The molecule has 44 heavy (non-hydrogen) atoms. The second kappa shape index (κ2) is 12.0. The van der Waals surface area contributed by atoms with Gasteiger partial charge in [-0.05, 0) is 41.8 Å². The van der Waals surface area contributed by atoms with Gasteiger partial charge in [-0.3, -0.25) is 0 Å². The maximum absolute atomic E-state index is 6.15. The number of likely N-dealkylation sites (N-methyl/N-ethyl adjacent to an activating group) is 2. The first-order valence-electron chi connectivity index (χ1n) is 13.9. The maximum Gasteiger partial charge on any atom is 0.258 e. The molecule has 0 aliphatic carbocycles. The number of nitrogens with two attached hydrogens (primary N) is 2. The number of hydrogen-bond donors (Lipinski definition) is 3. The molecule has 16 heteroatoms. The van der Waals surface area contributed by atoms with Crippen molar-refractivity contribution in [3.8, 4) is 23.0 Å². The summed E-state index contributed by atoms with van der Waals surface area (Å²) in [5.41, 5.74) is 13.5. The molecule has 2 aliphatic heterocycles. The van der Waals surface area contributed by atoms with Gasteiger partial charge in [0.05, 0.1) is 6.54 Å². The Morgan fingerprint density at radius 1 is 0.727 bits per heavy atom. The predicted octanol–water partition coefficient (Wildman–Crippen LogP) is 1.54. The van der Waals surface area contributed by atoms with E-state index in [0.717, 1.165) is 22.6 Å². The Hall–Kier alpha value is -5.54. The van der Waals surface area contributed by atoms with Crippen LogP contribution in [0.1, 0.15) is 11.1 Å². The first kappa shape index (κ1) is 28.6. The molecule has 2 aromatic carbocycles. The minimum atomic E-state index is -0.547. The lowest BCUT2D eigenvalue weighted by molar-refractivity contribution is 0.0568. The van der Waals surface area contributed by atoms with Gasteiger partial charge in [-0.1, -0.05) is 12.1 Å². The molecule has 1 atom stereocenters. The maximum atomic E-state index is 6.15. The topological polar surface area (TPSA) is 188 Å². The summed E-state index contributed by atoms with van der Waals surface area (Å²) in [6.07, 6.45) is 0.164. The highest BCUT2D eigenvalue weighted by Gasteiger charge is 2.27. The predicted molar refractivity (Wildman–Crippen MR) is 164 cm³/mol. The molecular weight excluding hydrogens is 568 g/mol. The van der Waals surface area contributed by atoms with Gasteiger partial charge in [0.1, 0.15) is 0 Å². The van der Waals surface area contributed by atoms with E-state index in [2.05, 4.69) is 35.2 Å². The molecule has 4 heterocycles. The molecule has 0 saturated heterocycles. The summed E-state index contributed by atoms with van der Waals surface area (Å²) < 4.78 is 23.1. The van der Waals surface area contributed by atoms with Crippen LogP contribution < -0.4 is 50.4 Å². The van der Waals surface area contributed by atoms with Crippen LogP contribution in [0.4, 0.5) is 35.7 Å². The molecule has 0 bridgehead atoms. The van der Waals surface area contributed by atoms with Crippen molar-refractivity contribution >= 4 is 35.7 Å². The van der Waals surface area contributed by atoms with Crippen LogP contribution in [0.25, 0.3) is 0 Å². The molecule has 230 valence electrons. The molecule has 0 radical (unpaired) electrons. The van der Waals surface area contributed by atoms with Crippen LogP contribution in [0.2, 0.25) is 0 Å². The van der Waals surface area contributed by atoms with E-state index in [1.54, 1.807) is 0 Å². The lowest BCUT2D eigenvalue weighted by atomic mass is 10.1. The van der Waals surface area contributed by atoms with Gasteiger partial charge in [0, 0.05) is 41.3 Å². The van der Waals surface area contributed by atoms with E-state index in [1.165, 1.54) is 0 Å². The number of aromatic nitrogens is 6. The first-order chi connectivity index (χ1) is 21.2. The Balaban J connectivity index is 1.07. The molecule has 0 fully saturated rings. The van der Waals surface area contributed by atoms with Gasteiger partial charge in [0.2, 0.25) is 42.5 Å². The summed E-state index contributed by atoms with van der Waals surface area (Å²) in [6.45, 7) is 1.74. The summed E-state index contributed by atoms with van der Waals surface area (Å²) in [5.74, 6) is 4.84. The van der Waals surface area contributed by atoms with E-state index < -0.39 is 6.29 Å². The fraction of sp³-hybridized carbons (Fsp3) is 0.357. The first-order valence-corrected chi connectivity index (χ1v) is 13.9. The SMILES string of the molecule is CN(C)c1nc(NCc2ccc3c(c2)OCO3)nc(N(C)CC2Oc3ccc(CCN(C)c4nc(N)nc(N)n4)cc3O2)n1. The van der Waals surface area contributed by atoms with Crippen molar-refractivity contribution in [1.29, 1.82) is 0 Å². The zero-order valence-electron chi connectivity index (χ0n) is 24.9. The van der Waals surface area contributed by atoms with Crippen molar-refractivity contribution in [3.05, 3.63) is 47.5 Å². The van der Waals surface area contributed by atoms with E-state index in [1.807, 2.05) is 79.3 Å². The lowest BCUT2D eigenvalue weighted by Crippen LogP contribution is -2.35. The van der Waals surface area contributed by atoms with Crippen LogP contribution in [-0.4, -0.2) is 84.3 Å². The monoisotopic (exact) mass is 602 g/mol. The fourth-order valence-corrected chi connectivity index (χ4v) is 4.58. The van der Waals surface area contributed by atoms with E-state index in [9.17, 15) is 0 Å². The number of rotatable bonds is 11. The fourth-order valence-electron chi connectivity index (χ4n) is 4.58. The van der Waals surface area contributed by atoms with Crippen LogP contribution in [0.15, 0.2) is 36.4 Å². The summed E-state index contributed by atoms with van der Waals surface area (Å²) in [6, 6.07) is 11.7. The Labute approximate surface area is 254 Å². The minimum Gasteiger partial charge on any atom is -0.454 e. The number of nitrogens with one attached hydrogen (secondary N) is 1. The van der Waals surface area contributed by atoms with Crippen LogP contribution in [0, 0.1) is 0 Å². The van der Waals surface area contributed by atoms with Gasteiger partial charge >= 0.3 is 0 Å². The molecule has 4 aromatic rings. The molecular formula is C28H34N12O4. The standard InChI is InChI=1S/C28H34N12O4/c1-38(2)26-35-25(31-13-17-6-7-18-20(12-17)42-15-41-18)36-28(37-26)40(4)14-22-43-19-8-5-16(11-21(19)44-22)9-10-39(3)27-33-23(29)32-24(30)34-27/h5-8,11-12,22H,9-10,13-15H2,1-4H3,(H,31,35,36,37)(H4,29,30,32,33,34). The number of anilines is 6. The van der Waals surface area contributed by atoms with Gasteiger partial charge in [-0.2, -0.15) is 29.9 Å². The van der Waals surface area contributed by atoms with Crippen LogP contribution >= 0.6 is 0 Å². The largest absolute Gasteiger partial charge is 0.454 e. The van der Waals surface area contributed by atoms with Gasteiger partial charge in [0.25, 0.3) is 6.29 Å². The molecule has 0 spiro atoms. The van der Waals surface area contributed by atoms with Crippen molar-refractivity contribution < 1.29 is 18.9 Å². The average Bonchev–Trinajstić information content (AvgIpc) is 3.64. The van der Waals surface area contributed by atoms with Gasteiger partial charge in [0.15, 0.2) is 23.0 Å². The highest BCUT2D eigenvalue weighted by Crippen LogP contribution is 2.36. The Morgan fingerprint density at radius 3 is 2.18 bits per heavy atom. The van der Waals surface area contributed by atoms with Gasteiger partial charge in [-0.15, -0.1) is 0 Å². The zero-order chi connectivity index (χ0) is 30.8. The summed E-state index contributed by atoms with van der Waals surface area (Å²) in [5, 5.41) is 3.29. The number of hydrogen-bond acceptors (Lipinski definition) is 16. The second-order valence-corrected chi connectivity index (χ2v) is 10.5. The zero-order valence-corrected chi connectivity index (χ0v) is 24.9. The summed E-state index contributed by atoms with van der Waals surface area (Å²) in [7, 11) is 7.51. The molecule has 0 saturated carbocycles. The van der Waals surface area contributed by atoms with E-state index in [0.29, 0.717) is 61.3 Å². The smallest absolute Gasteiger partial charge is 0.258 e. The molecule has 6 rings (SSSR count). The minimum absolute atomic E-state index is 0.0854. The molecule has 16 nitrogen and oxygen atoms in total. The molecule has 5 N–H and O–H groups in total. The molecule has 0 amide bonds. The van der Waals surface area contributed by atoms with Crippen LogP contribution in [0.5, 0.6) is 23.0 Å². The molecule has 1 unspecified atom stereocenters. The normalized spacial score (nSPS) is 14.4. The summed E-state index contributed by atoms with van der Waals surface area (Å²) >= 11 is 0. The van der Waals surface area contributed by atoms with E-state index in [4.69, 9.17) is 30.4 Å². The van der Waals surface area contributed by atoms with Crippen molar-refractivity contribution in [3.63, 3.8) is 0 Å². The van der Waals surface area contributed by atoms with Crippen molar-refractivity contribution in [2.24, 2.45) is 0 Å². The van der Waals surface area contributed by atoms with Crippen LogP contribution in [0.3, 0.4) is 0 Å². The Bertz CT molecular complexity index is 1640. The molecule has 2 aliphatic rings. The van der Waals surface area contributed by atoms with E-state index in [-0.39, 0.29) is 18.7 Å². The highest BCUT2D eigenvalue weighted by atomic mass is 16.7. The third-order valence-corrected chi connectivity index (χ3v) is 6.92. The van der Waals surface area contributed by atoms with Gasteiger partial charge < -0.3 is 50.4 Å². The van der Waals surface area contributed by atoms with E-state index >= 15 is 0 Å². The Kier molecular flexibility index (Phi) is 7.78. The third kappa shape index (κ3) is 6.43. The second-order valence-electron chi connectivity index (χ2n) is 10.5. The van der Waals surface area contributed by atoms with Crippen molar-refractivity contribution in [2.45, 2.75) is 19.3 Å². The number of fused-ring (bicyclic) bond motifs is 2. The van der Waals surface area contributed by atoms with Gasteiger partial charge in [-0.25, -0.2) is 0 Å². The van der Waals surface area contributed by atoms with Crippen molar-refractivity contribution in [1.82, 2.24) is 29.9 Å². The van der Waals surface area contributed by atoms with Crippen LogP contribution in [-0.2, 0) is 13.0 Å². The van der Waals surface area contributed by atoms with Crippen molar-refractivity contribution in [2.75, 3.05) is 79.6 Å². The molecule has 2 aromatic heterocycles.